The number of anilines is 1. The van der Waals surface area contributed by atoms with Gasteiger partial charge in [-0.1, -0.05) is 19.3 Å². The third kappa shape index (κ3) is 7.30. The molecule has 0 unspecified atom stereocenters. The maximum Gasteiger partial charge on any atom is 0.319 e. The van der Waals surface area contributed by atoms with Crippen LogP contribution >= 0.6 is 0 Å². The summed E-state index contributed by atoms with van der Waals surface area (Å²) in [6, 6.07) is 3.36. The normalized spacial score (nSPS) is 10.8. The second kappa shape index (κ2) is 10.4. The lowest BCUT2D eigenvalue weighted by Gasteiger charge is -2.09. The largest absolute Gasteiger partial charge is 0.338 e. The van der Waals surface area contributed by atoms with Gasteiger partial charge in [0.15, 0.2) is 5.82 Å². The van der Waals surface area contributed by atoms with Gasteiger partial charge in [-0.15, -0.1) is 0 Å². The first kappa shape index (κ1) is 18.9. The molecule has 0 bridgehead atoms. The molecule has 2 aromatic rings. The molecule has 2 amide bonds. The predicted molar refractivity (Wildman–Crippen MR) is 97.8 cm³/mol. The summed E-state index contributed by atoms with van der Waals surface area (Å²) in [6.07, 6.45) is 10.5. The number of nitrogens with zero attached hydrogens (tertiary/aromatic N) is 5. The monoisotopic (exact) mass is 345 g/mol. The highest BCUT2D eigenvalue weighted by atomic mass is 16.2. The standard InChI is InChI=1S/C17H27N7O/c1-23(2)11-7-5-3-4-6-10-19-17(25)22-15-8-9-16(20-12-15)24-14-18-13-21-24/h8-9,12-14H,3-7,10-11H2,1-2H3,(H2,19,22,25). The molecule has 0 atom stereocenters. The number of nitrogens with one attached hydrogen (secondary N) is 2. The first-order chi connectivity index (χ1) is 12.1. The third-order valence-corrected chi connectivity index (χ3v) is 3.73. The third-order valence-electron chi connectivity index (χ3n) is 3.73. The molecule has 0 saturated heterocycles. The number of hydrogen-bond donors (Lipinski definition) is 2. The summed E-state index contributed by atoms with van der Waals surface area (Å²) < 4.78 is 1.56. The van der Waals surface area contributed by atoms with Crippen molar-refractivity contribution in [2.24, 2.45) is 0 Å². The lowest BCUT2D eigenvalue weighted by Crippen LogP contribution is -2.29. The van der Waals surface area contributed by atoms with Gasteiger partial charge in [0.2, 0.25) is 0 Å². The fourth-order valence-electron chi connectivity index (χ4n) is 2.38. The molecule has 0 aliphatic rings. The number of carbonyl (C=O) groups is 1. The van der Waals surface area contributed by atoms with Crippen molar-refractivity contribution in [2.75, 3.05) is 32.5 Å². The Kier molecular flexibility index (Phi) is 7.84. The van der Waals surface area contributed by atoms with Gasteiger partial charge in [0.05, 0.1) is 11.9 Å². The molecular formula is C17H27N7O. The minimum absolute atomic E-state index is 0.206. The minimum atomic E-state index is -0.206. The zero-order chi connectivity index (χ0) is 17.9. The molecule has 8 nitrogen and oxygen atoms in total. The van der Waals surface area contributed by atoms with Crippen LogP contribution in [0.2, 0.25) is 0 Å². The van der Waals surface area contributed by atoms with Gasteiger partial charge in [0.25, 0.3) is 0 Å². The Hall–Kier alpha value is -2.48. The topological polar surface area (TPSA) is 88.0 Å². The molecule has 136 valence electrons. The van der Waals surface area contributed by atoms with Crippen LogP contribution in [0, 0.1) is 0 Å². The minimum Gasteiger partial charge on any atom is -0.338 e. The van der Waals surface area contributed by atoms with Crippen molar-refractivity contribution in [3.8, 4) is 5.82 Å². The Morgan fingerprint density at radius 1 is 1.16 bits per heavy atom. The average Bonchev–Trinajstić information content (AvgIpc) is 3.12. The molecular weight excluding hydrogens is 318 g/mol. The van der Waals surface area contributed by atoms with E-state index in [4.69, 9.17) is 0 Å². The van der Waals surface area contributed by atoms with E-state index < -0.39 is 0 Å². The van der Waals surface area contributed by atoms with Crippen molar-refractivity contribution in [3.05, 3.63) is 31.0 Å². The second-order valence-corrected chi connectivity index (χ2v) is 6.20. The fourth-order valence-corrected chi connectivity index (χ4v) is 2.38. The smallest absolute Gasteiger partial charge is 0.319 e. The van der Waals surface area contributed by atoms with E-state index in [-0.39, 0.29) is 6.03 Å². The van der Waals surface area contributed by atoms with Crippen LogP contribution in [-0.4, -0.2) is 57.9 Å². The van der Waals surface area contributed by atoms with Crippen LogP contribution in [0.3, 0.4) is 0 Å². The van der Waals surface area contributed by atoms with E-state index >= 15 is 0 Å². The number of amides is 2. The number of hydrogen-bond acceptors (Lipinski definition) is 5. The van der Waals surface area contributed by atoms with Crippen LogP contribution in [0.25, 0.3) is 5.82 Å². The number of unbranched alkanes of at least 4 members (excludes halogenated alkanes) is 4. The Labute approximate surface area is 148 Å². The summed E-state index contributed by atoms with van der Waals surface area (Å²) in [7, 11) is 4.19. The van der Waals surface area contributed by atoms with Crippen molar-refractivity contribution in [2.45, 2.75) is 32.1 Å². The van der Waals surface area contributed by atoms with Crippen LogP contribution < -0.4 is 10.6 Å². The summed E-state index contributed by atoms with van der Waals surface area (Å²) in [5, 5.41) is 9.65. The molecule has 25 heavy (non-hydrogen) atoms. The number of aromatic nitrogens is 4. The lowest BCUT2D eigenvalue weighted by atomic mass is 10.1. The maximum atomic E-state index is 11.9. The number of rotatable bonds is 10. The van der Waals surface area contributed by atoms with Crippen LogP contribution in [0.15, 0.2) is 31.0 Å². The molecule has 2 aromatic heterocycles. The Morgan fingerprint density at radius 3 is 2.64 bits per heavy atom. The van der Waals surface area contributed by atoms with Crippen LogP contribution in [0.5, 0.6) is 0 Å². The molecule has 0 fully saturated rings. The second-order valence-electron chi connectivity index (χ2n) is 6.20. The van der Waals surface area contributed by atoms with E-state index in [1.807, 2.05) is 0 Å². The highest BCUT2D eigenvalue weighted by Gasteiger charge is 2.03. The van der Waals surface area contributed by atoms with Crippen LogP contribution in [-0.2, 0) is 0 Å². The van der Waals surface area contributed by atoms with Crippen molar-refractivity contribution < 1.29 is 4.79 Å². The number of carbonyl (C=O) groups excluding carboxylic acids is 1. The molecule has 0 radical (unpaired) electrons. The van der Waals surface area contributed by atoms with E-state index in [0.717, 1.165) is 19.4 Å². The molecule has 0 aromatic carbocycles. The van der Waals surface area contributed by atoms with Gasteiger partial charge >= 0.3 is 6.03 Å². The zero-order valence-corrected chi connectivity index (χ0v) is 15.0. The van der Waals surface area contributed by atoms with Gasteiger partial charge < -0.3 is 15.5 Å². The van der Waals surface area contributed by atoms with Crippen molar-refractivity contribution >= 4 is 11.7 Å². The average molecular weight is 345 g/mol. The summed E-state index contributed by atoms with van der Waals surface area (Å²) in [4.78, 5) is 22.2. The number of pyridine rings is 1. The van der Waals surface area contributed by atoms with Gasteiger partial charge in [0.1, 0.15) is 12.7 Å². The van der Waals surface area contributed by atoms with E-state index in [2.05, 4.69) is 44.7 Å². The zero-order valence-electron chi connectivity index (χ0n) is 15.0. The molecule has 0 saturated carbocycles. The summed E-state index contributed by atoms with van der Waals surface area (Å²) >= 11 is 0. The Morgan fingerprint density at radius 2 is 1.96 bits per heavy atom. The molecule has 2 heterocycles. The summed E-state index contributed by atoms with van der Waals surface area (Å²) in [6.45, 7) is 1.83. The van der Waals surface area contributed by atoms with E-state index in [9.17, 15) is 4.79 Å². The Balaban J connectivity index is 1.57. The van der Waals surface area contributed by atoms with E-state index in [1.165, 1.54) is 25.6 Å². The molecule has 0 aliphatic carbocycles. The van der Waals surface area contributed by atoms with E-state index in [0.29, 0.717) is 18.1 Å². The van der Waals surface area contributed by atoms with Gasteiger partial charge in [-0.05, 0) is 45.6 Å². The molecule has 8 heteroatoms. The number of urea groups is 1. The molecule has 2 N–H and O–H groups in total. The van der Waals surface area contributed by atoms with Crippen LogP contribution in [0.4, 0.5) is 10.5 Å². The summed E-state index contributed by atoms with van der Waals surface area (Å²) in [5.74, 6) is 0.651. The highest BCUT2D eigenvalue weighted by Crippen LogP contribution is 2.08. The molecule has 0 aliphatic heterocycles. The van der Waals surface area contributed by atoms with E-state index in [1.54, 1.807) is 29.3 Å². The van der Waals surface area contributed by atoms with Gasteiger partial charge in [-0.3, -0.25) is 0 Å². The summed E-state index contributed by atoms with van der Waals surface area (Å²) in [5.41, 5.74) is 0.644. The maximum absolute atomic E-state index is 11.9. The fraction of sp³-hybridized carbons (Fsp3) is 0.529. The quantitative estimate of drug-likeness (QED) is 0.645. The van der Waals surface area contributed by atoms with Crippen LogP contribution in [0.1, 0.15) is 32.1 Å². The van der Waals surface area contributed by atoms with Gasteiger partial charge in [-0.2, -0.15) is 5.10 Å². The predicted octanol–water partition coefficient (Wildman–Crippen LogP) is 2.30. The van der Waals surface area contributed by atoms with Gasteiger partial charge in [0, 0.05) is 6.54 Å². The van der Waals surface area contributed by atoms with Gasteiger partial charge in [-0.25, -0.2) is 19.4 Å². The lowest BCUT2D eigenvalue weighted by molar-refractivity contribution is 0.252. The highest BCUT2D eigenvalue weighted by molar-refractivity contribution is 5.88. The van der Waals surface area contributed by atoms with Crippen molar-refractivity contribution in [3.63, 3.8) is 0 Å². The molecule has 0 spiro atoms. The SMILES string of the molecule is CN(C)CCCCCCCNC(=O)Nc1ccc(-n2cncn2)nc1. The first-order valence-electron chi connectivity index (χ1n) is 8.66. The Bertz CT molecular complexity index is 610. The van der Waals surface area contributed by atoms with Crippen molar-refractivity contribution in [1.29, 1.82) is 0 Å². The molecule has 2 rings (SSSR count). The first-order valence-corrected chi connectivity index (χ1v) is 8.66. The van der Waals surface area contributed by atoms with Crippen molar-refractivity contribution in [1.82, 2.24) is 30.0 Å².